The number of aromatic nitrogens is 2. The molecule has 1 atom stereocenters. The average Bonchev–Trinajstić information content (AvgIpc) is 3.40. The lowest BCUT2D eigenvalue weighted by atomic mass is 10.1. The van der Waals surface area contributed by atoms with Crippen LogP contribution in [0.25, 0.3) is 11.5 Å². The number of rotatable bonds is 8. The molecule has 1 aromatic heterocycles. The Kier molecular flexibility index (Phi) is 6.00. The van der Waals surface area contributed by atoms with Crippen molar-refractivity contribution in [3.63, 3.8) is 0 Å². The Bertz CT molecular complexity index is 977. The zero-order valence-corrected chi connectivity index (χ0v) is 16.8. The van der Waals surface area contributed by atoms with E-state index in [0.717, 1.165) is 18.4 Å². The maximum absolute atomic E-state index is 12.2. The van der Waals surface area contributed by atoms with Crippen LogP contribution in [0.2, 0.25) is 0 Å². The molecular formula is C21H21N3O4S. The van der Waals surface area contributed by atoms with Gasteiger partial charge in [0.2, 0.25) is 18.6 Å². The van der Waals surface area contributed by atoms with E-state index in [1.165, 1.54) is 17.3 Å². The normalized spacial score (nSPS) is 13.3. The first-order valence-corrected chi connectivity index (χ1v) is 10.4. The van der Waals surface area contributed by atoms with Crippen LogP contribution in [0.15, 0.2) is 58.2 Å². The number of carbonyl (C=O) groups is 1. The monoisotopic (exact) mass is 411 g/mol. The van der Waals surface area contributed by atoms with Gasteiger partial charge in [-0.2, -0.15) is 0 Å². The minimum atomic E-state index is -0.0570. The Morgan fingerprint density at radius 2 is 1.97 bits per heavy atom. The fourth-order valence-corrected chi connectivity index (χ4v) is 3.53. The van der Waals surface area contributed by atoms with Crippen LogP contribution in [-0.2, 0) is 11.2 Å². The van der Waals surface area contributed by atoms with Gasteiger partial charge in [0.15, 0.2) is 11.5 Å². The third-order valence-corrected chi connectivity index (χ3v) is 5.29. The predicted octanol–water partition coefficient (Wildman–Crippen LogP) is 3.69. The molecule has 1 N–H and O–H groups in total. The number of thioether (sulfide) groups is 1. The number of aryl methyl sites for hydroxylation is 1. The summed E-state index contributed by atoms with van der Waals surface area (Å²) in [6.45, 7) is 2.22. The van der Waals surface area contributed by atoms with Crippen LogP contribution in [0, 0.1) is 0 Å². The van der Waals surface area contributed by atoms with E-state index in [0.29, 0.717) is 22.6 Å². The minimum Gasteiger partial charge on any atom is -0.454 e. The second-order valence-corrected chi connectivity index (χ2v) is 7.65. The van der Waals surface area contributed by atoms with Gasteiger partial charge in [0.25, 0.3) is 5.22 Å². The Hall–Kier alpha value is -3.00. The van der Waals surface area contributed by atoms with Gasteiger partial charge in [0.1, 0.15) is 0 Å². The Morgan fingerprint density at radius 3 is 2.83 bits per heavy atom. The van der Waals surface area contributed by atoms with E-state index < -0.39 is 0 Å². The highest BCUT2D eigenvalue weighted by atomic mass is 32.2. The van der Waals surface area contributed by atoms with Gasteiger partial charge in [-0.1, -0.05) is 42.1 Å². The lowest BCUT2D eigenvalue weighted by Gasteiger charge is -2.13. The second-order valence-electron chi connectivity index (χ2n) is 6.72. The first-order chi connectivity index (χ1) is 14.2. The number of hydrogen-bond acceptors (Lipinski definition) is 7. The number of amides is 1. The largest absolute Gasteiger partial charge is 0.454 e. The number of benzene rings is 2. The van der Waals surface area contributed by atoms with Crippen LogP contribution in [-0.4, -0.2) is 34.7 Å². The van der Waals surface area contributed by atoms with Crippen molar-refractivity contribution in [1.82, 2.24) is 15.5 Å². The van der Waals surface area contributed by atoms with Crippen LogP contribution < -0.4 is 14.8 Å². The molecule has 8 heteroatoms. The molecule has 29 heavy (non-hydrogen) atoms. The molecule has 7 nitrogen and oxygen atoms in total. The fourth-order valence-electron chi connectivity index (χ4n) is 2.96. The highest BCUT2D eigenvalue weighted by molar-refractivity contribution is 7.99. The molecule has 3 aromatic rings. The number of ether oxygens (including phenoxy) is 2. The molecule has 0 fully saturated rings. The zero-order chi connectivity index (χ0) is 20.1. The summed E-state index contributed by atoms with van der Waals surface area (Å²) in [5.74, 6) is 1.89. The van der Waals surface area contributed by atoms with Crippen LogP contribution in [0.4, 0.5) is 0 Å². The summed E-state index contributed by atoms with van der Waals surface area (Å²) >= 11 is 1.22. The third kappa shape index (κ3) is 5.08. The van der Waals surface area contributed by atoms with Gasteiger partial charge in [0, 0.05) is 11.6 Å². The summed E-state index contributed by atoms with van der Waals surface area (Å²) in [4.78, 5) is 12.2. The molecular weight excluding hydrogens is 390 g/mol. The quantitative estimate of drug-likeness (QED) is 0.566. The van der Waals surface area contributed by atoms with E-state index >= 15 is 0 Å². The predicted molar refractivity (Wildman–Crippen MR) is 109 cm³/mol. The van der Waals surface area contributed by atoms with Crippen molar-refractivity contribution in [2.45, 2.75) is 31.0 Å². The minimum absolute atomic E-state index is 0.0570. The molecule has 150 valence electrons. The summed E-state index contributed by atoms with van der Waals surface area (Å²) in [5, 5.41) is 11.4. The molecule has 2 heterocycles. The molecule has 1 aliphatic rings. The first kappa shape index (κ1) is 19.3. The van der Waals surface area contributed by atoms with Gasteiger partial charge in [-0.15, -0.1) is 10.2 Å². The Balaban J connectivity index is 1.24. The molecule has 0 aliphatic carbocycles. The molecule has 0 unspecified atom stereocenters. The van der Waals surface area contributed by atoms with Crippen molar-refractivity contribution in [1.29, 1.82) is 0 Å². The van der Waals surface area contributed by atoms with Gasteiger partial charge in [-0.05, 0) is 43.5 Å². The van der Waals surface area contributed by atoms with E-state index in [9.17, 15) is 4.79 Å². The first-order valence-electron chi connectivity index (χ1n) is 9.37. The van der Waals surface area contributed by atoms with Crippen molar-refractivity contribution >= 4 is 17.7 Å². The van der Waals surface area contributed by atoms with Crippen LogP contribution in [0.3, 0.4) is 0 Å². The van der Waals surface area contributed by atoms with Crippen LogP contribution in [0.1, 0.15) is 18.9 Å². The number of nitrogens with one attached hydrogen (secondary N) is 1. The van der Waals surface area contributed by atoms with Gasteiger partial charge >= 0.3 is 0 Å². The number of carbonyl (C=O) groups excluding carboxylic acids is 1. The van der Waals surface area contributed by atoms with Crippen molar-refractivity contribution < 1.29 is 18.7 Å². The Labute approximate surface area is 172 Å². The van der Waals surface area contributed by atoms with Crippen LogP contribution in [0.5, 0.6) is 11.5 Å². The number of hydrogen-bond donors (Lipinski definition) is 1. The molecule has 0 spiro atoms. The van der Waals surface area contributed by atoms with Gasteiger partial charge < -0.3 is 19.2 Å². The molecule has 4 rings (SSSR count). The standard InChI is InChI=1S/C21H21N3O4S/c1-14(7-8-15-5-3-2-4-6-15)22-19(25)12-29-21-24-23-20(28-21)16-9-10-17-18(11-16)27-13-26-17/h2-6,9-11,14H,7-8,12-13H2,1H3,(H,22,25)/t14-/m0/s1. The van der Waals surface area contributed by atoms with E-state index in [2.05, 4.69) is 27.6 Å². The van der Waals surface area contributed by atoms with Crippen molar-refractivity contribution in [3.05, 3.63) is 54.1 Å². The summed E-state index contributed by atoms with van der Waals surface area (Å²) in [5.41, 5.74) is 2.01. The van der Waals surface area contributed by atoms with Crippen LogP contribution >= 0.6 is 11.8 Å². The molecule has 2 aromatic carbocycles. The SMILES string of the molecule is C[C@@H](CCc1ccccc1)NC(=O)CSc1nnc(-c2ccc3c(c2)OCO3)o1. The maximum atomic E-state index is 12.2. The van der Waals surface area contributed by atoms with Crippen molar-refractivity contribution in [2.75, 3.05) is 12.5 Å². The smallest absolute Gasteiger partial charge is 0.277 e. The second kappa shape index (κ2) is 9.00. The molecule has 0 radical (unpaired) electrons. The van der Waals surface area contributed by atoms with Gasteiger partial charge in [-0.25, -0.2) is 0 Å². The summed E-state index contributed by atoms with van der Waals surface area (Å²) < 4.78 is 16.3. The van der Waals surface area contributed by atoms with Crippen molar-refractivity contribution in [3.8, 4) is 23.0 Å². The van der Waals surface area contributed by atoms with E-state index in [-0.39, 0.29) is 24.5 Å². The van der Waals surface area contributed by atoms with E-state index in [1.807, 2.05) is 31.2 Å². The van der Waals surface area contributed by atoms with Crippen molar-refractivity contribution in [2.24, 2.45) is 0 Å². The average molecular weight is 411 g/mol. The highest BCUT2D eigenvalue weighted by Gasteiger charge is 2.17. The molecule has 0 saturated heterocycles. The zero-order valence-electron chi connectivity index (χ0n) is 16.0. The van der Waals surface area contributed by atoms with E-state index in [1.54, 1.807) is 12.1 Å². The molecule has 0 bridgehead atoms. The van der Waals surface area contributed by atoms with Gasteiger partial charge in [-0.3, -0.25) is 4.79 Å². The topological polar surface area (TPSA) is 86.5 Å². The highest BCUT2D eigenvalue weighted by Crippen LogP contribution is 2.35. The molecule has 1 amide bonds. The lowest BCUT2D eigenvalue weighted by molar-refractivity contribution is -0.119. The summed E-state index contributed by atoms with van der Waals surface area (Å²) in [6.07, 6.45) is 1.81. The summed E-state index contributed by atoms with van der Waals surface area (Å²) in [6, 6.07) is 15.8. The Morgan fingerprint density at radius 1 is 1.14 bits per heavy atom. The maximum Gasteiger partial charge on any atom is 0.277 e. The number of nitrogens with zero attached hydrogens (tertiary/aromatic N) is 2. The van der Waals surface area contributed by atoms with Gasteiger partial charge in [0.05, 0.1) is 5.75 Å². The summed E-state index contributed by atoms with van der Waals surface area (Å²) in [7, 11) is 0. The molecule has 1 aliphatic heterocycles. The third-order valence-electron chi connectivity index (χ3n) is 4.47. The van der Waals surface area contributed by atoms with E-state index in [4.69, 9.17) is 13.9 Å². The number of fused-ring (bicyclic) bond motifs is 1. The molecule has 0 saturated carbocycles. The fraction of sp³-hybridized carbons (Fsp3) is 0.286. The lowest BCUT2D eigenvalue weighted by Crippen LogP contribution is -2.34.